The second-order valence-electron chi connectivity index (χ2n) is 7.28. The molecule has 3 rings (SSSR count). The number of rotatable bonds is 8. The molecule has 152 valence electrons. The lowest BCUT2D eigenvalue weighted by molar-refractivity contribution is -0.121. The van der Waals surface area contributed by atoms with Crippen LogP contribution in [-0.4, -0.2) is 22.2 Å². The van der Waals surface area contributed by atoms with E-state index in [0.717, 1.165) is 23.4 Å². The highest BCUT2D eigenvalue weighted by Crippen LogP contribution is 2.23. The molecule has 3 aromatic rings. The Bertz CT molecular complexity index is 949. The lowest BCUT2D eigenvalue weighted by atomic mass is 9.92. The zero-order valence-corrected chi connectivity index (χ0v) is 18.2. The number of aryl methyl sites for hydroxylation is 3. The van der Waals surface area contributed by atoms with Crippen molar-refractivity contribution >= 4 is 29.1 Å². The smallest absolute Gasteiger partial charge is 0.221 e. The Labute approximate surface area is 181 Å². The van der Waals surface area contributed by atoms with Gasteiger partial charge < -0.3 is 5.32 Å². The highest BCUT2D eigenvalue weighted by molar-refractivity contribution is 6.30. The first-order valence-electron chi connectivity index (χ1n) is 9.68. The quantitative estimate of drug-likeness (QED) is 0.525. The zero-order chi connectivity index (χ0) is 20.8. The maximum atomic E-state index is 12.4. The fourth-order valence-corrected chi connectivity index (χ4v) is 3.63. The van der Waals surface area contributed by atoms with Gasteiger partial charge in [-0.05, 0) is 61.7 Å². The third-order valence-electron chi connectivity index (χ3n) is 4.94. The molecule has 0 fully saturated rings. The molecule has 1 atom stereocenters. The van der Waals surface area contributed by atoms with Gasteiger partial charge >= 0.3 is 0 Å². The van der Waals surface area contributed by atoms with E-state index in [1.807, 2.05) is 73.1 Å². The van der Waals surface area contributed by atoms with Gasteiger partial charge in [0.15, 0.2) is 0 Å². The average molecular weight is 430 g/mol. The van der Waals surface area contributed by atoms with Gasteiger partial charge in [0.1, 0.15) is 0 Å². The Morgan fingerprint density at radius 1 is 1.03 bits per heavy atom. The van der Waals surface area contributed by atoms with Gasteiger partial charge in [0, 0.05) is 41.2 Å². The van der Waals surface area contributed by atoms with Gasteiger partial charge in [0.2, 0.25) is 5.91 Å². The Kier molecular flexibility index (Phi) is 7.34. The molecule has 29 heavy (non-hydrogen) atoms. The lowest BCUT2D eigenvalue weighted by Gasteiger charge is -2.19. The molecule has 0 bridgehead atoms. The van der Waals surface area contributed by atoms with Gasteiger partial charge in [0.05, 0.1) is 5.69 Å². The summed E-state index contributed by atoms with van der Waals surface area (Å²) in [5.41, 5.74) is 4.35. The van der Waals surface area contributed by atoms with E-state index in [2.05, 4.69) is 10.4 Å². The van der Waals surface area contributed by atoms with Crippen molar-refractivity contribution in [1.29, 1.82) is 0 Å². The summed E-state index contributed by atoms with van der Waals surface area (Å²) in [6.45, 7) is 5.09. The highest BCUT2D eigenvalue weighted by atomic mass is 35.5. The summed E-state index contributed by atoms with van der Waals surface area (Å²) in [5.74, 6) is 0.165. The topological polar surface area (TPSA) is 46.9 Å². The van der Waals surface area contributed by atoms with Crippen LogP contribution in [0.15, 0.2) is 54.6 Å². The number of nitrogens with one attached hydrogen (secondary N) is 1. The molecule has 0 radical (unpaired) electrons. The summed E-state index contributed by atoms with van der Waals surface area (Å²) >= 11 is 12.0. The molecular formula is C23H25Cl2N3O. The van der Waals surface area contributed by atoms with Gasteiger partial charge in [-0.1, -0.05) is 47.5 Å². The maximum absolute atomic E-state index is 12.4. The molecule has 0 aliphatic heterocycles. The van der Waals surface area contributed by atoms with E-state index in [1.165, 1.54) is 5.56 Å². The first-order valence-corrected chi connectivity index (χ1v) is 10.4. The molecular weight excluding hydrogens is 405 g/mol. The van der Waals surface area contributed by atoms with Crippen LogP contribution in [0.5, 0.6) is 0 Å². The van der Waals surface area contributed by atoms with Gasteiger partial charge in [-0.3, -0.25) is 9.48 Å². The standard InChI is InChI=1S/C23H25Cl2N3O/c1-16-13-17(2)28(27-16)12-11-23(29)26-15-20(19-5-9-22(25)10-6-19)14-18-3-7-21(24)8-4-18/h3-10,13,20H,11-12,14-15H2,1-2H3,(H,26,29)/t20-/m0/s1. The predicted octanol–water partition coefficient (Wildman–Crippen LogP) is 5.34. The van der Waals surface area contributed by atoms with Gasteiger partial charge in [-0.25, -0.2) is 0 Å². The van der Waals surface area contributed by atoms with Gasteiger partial charge in [-0.15, -0.1) is 0 Å². The second-order valence-corrected chi connectivity index (χ2v) is 8.16. The molecule has 0 unspecified atom stereocenters. The van der Waals surface area contributed by atoms with E-state index in [0.29, 0.717) is 29.6 Å². The van der Waals surface area contributed by atoms with Crippen molar-refractivity contribution in [1.82, 2.24) is 15.1 Å². The van der Waals surface area contributed by atoms with Crippen LogP contribution in [0, 0.1) is 13.8 Å². The third-order valence-corrected chi connectivity index (χ3v) is 5.44. The van der Waals surface area contributed by atoms with E-state index >= 15 is 0 Å². The van der Waals surface area contributed by atoms with Crippen LogP contribution in [0.2, 0.25) is 10.0 Å². The average Bonchev–Trinajstić information content (AvgIpc) is 3.03. The maximum Gasteiger partial charge on any atom is 0.221 e. The molecule has 1 N–H and O–H groups in total. The van der Waals surface area contributed by atoms with E-state index < -0.39 is 0 Å². The van der Waals surface area contributed by atoms with E-state index in [1.54, 1.807) is 0 Å². The van der Waals surface area contributed by atoms with Crippen LogP contribution >= 0.6 is 23.2 Å². The van der Waals surface area contributed by atoms with Gasteiger partial charge in [0.25, 0.3) is 0 Å². The summed E-state index contributed by atoms with van der Waals surface area (Å²) in [4.78, 5) is 12.4. The van der Waals surface area contributed by atoms with Crippen LogP contribution in [0.1, 0.15) is 34.9 Å². The number of carbonyl (C=O) groups excluding carboxylic acids is 1. The number of hydrogen-bond donors (Lipinski definition) is 1. The molecule has 0 aliphatic carbocycles. The minimum atomic E-state index is 0.0209. The normalized spacial score (nSPS) is 12.0. The lowest BCUT2D eigenvalue weighted by Crippen LogP contribution is -2.30. The monoisotopic (exact) mass is 429 g/mol. The molecule has 0 aliphatic rings. The third kappa shape index (κ3) is 6.34. The molecule has 0 spiro atoms. The Morgan fingerprint density at radius 2 is 1.66 bits per heavy atom. The molecule has 4 nitrogen and oxygen atoms in total. The summed E-state index contributed by atoms with van der Waals surface area (Å²) in [7, 11) is 0. The summed E-state index contributed by atoms with van der Waals surface area (Å²) in [6.07, 6.45) is 1.20. The number of benzene rings is 2. The fourth-order valence-electron chi connectivity index (χ4n) is 3.38. The minimum absolute atomic E-state index is 0.0209. The van der Waals surface area contributed by atoms with Gasteiger partial charge in [-0.2, -0.15) is 5.10 Å². The number of amides is 1. The van der Waals surface area contributed by atoms with Crippen molar-refractivity contribution in [3.05, 3.63) is 87.2 Å². The summed E-state index contributed by atoms with van der Waals surface area (Å²) in [5, 5.41) is 8.91. The van der Waals surface area contributed by atoms with Crippen LogP contribution in [0.25, 0.3) is 0 Å². The zero-order valence-electron chi connectivity index (χ0n) is 16.7. The number of aromatic nitrogens is 2. The van der Waals surface area contributed by atoms with Crippen molar-refractivity contribution in [2.24, 2.45) is 0 Å². The number of hydrogen-bond acceptors (Lipinski definition) is 2. The first kappa shape index (κ1) is 21.4. The Balaban J connectivity index is 1.62. The van der Waals surface area contributed by atoms with Crippen molar-refractivity contribution in [3.63, 3.8) is 0 Å². The van der Waals surface area contributed by atoms with Crippen molar-refractivity contribution in [2.45, 2.75) is 39.2 Å². The molecule has 0 saturated carbocycles. The molecule has 2 aromatic carbocycles. The van der Waals surface area contributed by atoms with Crippen molar-refractivity contribution in [2.75, 3.05) is 6.54 Å². The van der Waals surface area contributed by atoms with Crippen LogP contribution < -0.4 is 5.32 Å². The molecule has 1 heterocycles. The van der Waals surface area contributed by atoms with Crippen molar-refractivity contribution < 1.29 is 4.79 Å². The second kappa shape index (κ2) is 9.95. The fraction of sp³-hybridized carbons (Fsp3) is 0.304. The van der Waals surface area contributed by atoms with E-state index in [9.17, 15) is 4.79 Å². The highest BCUT2D eigenvalue weighted by Gasteiger charge is 2.15. The Morgan fingerprint density at radius 3 is 2.24 bits per heavy atom. The van der Waals surface area contributed by atoms with Crippen molar-refractivity contribution in [3.8, 4) is 0 Å². The van der Waals surface area contributed by atoms with E-state index in [4.69, 9.17) is 23.2 Å². The number of nitrogens with zero attached hydrogens (tertiary/aromatic N) is 2. The molecule has 1 aromatic heterocycles. The predicted molar refractivity (Wildman–Crippen MR) is 119 cm³/mol. The molecule has 1 amide bonds. The number of carbonyl (C=O) groups is 1. The summed E-state index contributed by atoms with van der Waals surface area (Å²) in [6, 6.07) is 17.7. The largest absolute Gasteiger partial charge is 0.355 e. The minimum Gasteiger partial charge on any atom is -0.355 e. The number of halogens is 2. The van der Waals surface area contributed by atoms with Crippen LogP contribution in [-0.2, 0) is 17.8 Å². The van der Waals surface area contributed by atoms with Crippen LogP contribution in [0.3, 0.4) is 0 Å². The molecule has 6 heteroatoms. The SMILES string of the molecule is Cc1cc(C)n(CCC(=O)NC[C@H](Cc2ccc(Cl)cc2)c2ccc(Cl)cc2)n1. The van der Waals surface area contributed by atoms with E-state index in [-0.39, 0.29) is 11.8 Å². The Hall–Kier alpha value is -2.30. The molecule has 0 saturated heterocycles. The first-order chi connectivity index (χ1) is 13.9. The summed E-state index contributed by atoms with van der Waals surface area (Å²) < 4.78 is 1.87. The van der Waals surface area contributed by atoms with Crippen LogP contribution in [0.4, 0.5) is 0 Å².